The Hall–Kier alpha value is -0.460. The van der Waals surface area contributed by atoms with Crippen molar-refractivity contribution in [2.75, 3.05) is 12.0 Å². The van der Waals surface area contributed by atoms with E-state index in [9.17, 15) is 8.42 Å². The van der Waals surface area contributed by atoms with Crippen LogP contribution in [-0.2, 0) is 10.0 Å². The molecule has 0 spiro atoms. The predicted molar refractivity (Wildman–Crippen MR) is 71.5 cm³/mol. The van der Waals surface area contributed by atoms with Crippen LogP contribution in [0.4, 0.5) is 0 Å². The molecule has 0 aromatic heterocycles. The van der Waals surface area contributed by atoms with Gasteiger partial charge in [-0.15, -0.1) is 16.2 Å². The highest BCUT2D eigenvalue weighted by molar-refractivity contribution is 8.39. The summed E-state index contributed by atoms with van der Waals surface area (Å²) in [6, 6.07) is 9.68. The smallest absolute Gasteiger partial charge is 0.205 e. The molecule has 1 unspecified atom stereocenters. The summed E-state index contributed by atoms with van der Waals surface area (Å²) in [7, 11) is -3.30. The van der Waals surface area contributed by atoms with Gasteiger partial charge in [-0.1, -0.05) is 42.1 Å². The third kappa shape index (κ3) is 2.81. The Morgan fingerprint density at radius 3 is 2.69 bits per heavy atom. The largest absolute Gasteiger partial charge is 0.256 e. The molecule has 1 aliphatic rings. The first-order valence-corrected chi connectivity index (χ1v) is 8.40. The second-order valence-corrected chi connectivity index (χ2v) is 7.25. The minimum atomic E-state index is -3.30. The third-order valence-electron chi connectivity index (χ3n) is 2.16. The van der Waals surface area contributed by atoms with E-state index in [1.165, 1.54) is 23.5 Å². The summed E-state index contributed by atoms with van der Waals surface area (Å²) in [6.45, 7) is 0. The van der Waals surface area contributed by atoms with Gasteiger partial charge >= 0.3 is 0 Å². The van der Waals surface area contributed by atoms with E-state index in [4.69, 9.17) is 0 Å². The zero-order valence-corrected chi connectivity index (χ0v) is 11.1. The molecule has 1 aromatic carbocycles. The van der Waals surface area contributed by atoms with Gasteiger partial charge in [0.2, 0.25) is 0 Å². The van der Waals surface area contributed by atoms with Gasteiger partial charge in [0.1, 0.15) is 4.38 Å². The molecule has 0 radical (unpaired) electrons. The van der Waals surface area contributed by atoms with Gasteiger partial charge in [-0.25, -0.2) is 8.42 Å². The van der Waals surface area contributed by atoms with Crippen molar-refractivity contribution in [2.24, 2.45) is 4.40 Å². The van der Waals surface area contributed by atoms with E-state index in [0.29, 0.717) is 4.38 Å². The molecule has 0 fully saturated rings. The zero-order valence-electron chi connectivity index (χ0n) is 8.66. The first-order chi connectivity index (χ1) is 7.61. The molecular weight excluding hydrogens is 262 g/mol. The van der Waals surface area contributed by atoms with E-state index in [1.54, 1.807) is 0 Å². The quantitative estimate of drug-likeness (QED) is 0.789. The molecule has 0 aliphatic carbocycles. The van der Waals surface area contributed by atoms with Gasteiger partial charge < -0.3 is 0 Å². The maximum atomic E-state index is 11.6. The van der Waals surface area contributed by atoms with E-state index >= 15 is 0 Å². The molecular formula is C10H11NO2S3. The Morgan fingerprint density at radius 1 is 1.38 bits per heavy atom. The monoisotopic (exact) mass is 273 g/mol. The van der Waals surface area contributed by atoms with Gasteiger partial charge in [0.25, 0.3) is 10.0 Å². The number of nitrogens with zero attached hydrogens (tertiary/aromatic N) is 1. The SMILES string of the molecule is CSC1=NS(=O)(=O)CC(c2ccccc2)S1. The van der Waals surface area contributed by atoms with Gasteiger partial charge in [0, 0.05) is 0 Å². The Morgan fingerprint density at radius 2 is 2.06 bits per heavy atom. The van der Waals surface area contributed by atoms with Crippen molar-refractivity contribution in [1.82, 2.24) is 0 Å². The van der Waals surface area contributed by atoms with Crippen LogP contribution in [0.5, 0.6) is 0 Å². The minimum Gasteiger partial charge on any atom is -0.205 e. The summed E-state index contributed by atoms with van der Waals surface area (Å²) < 4.78 is 27.5. The van der Waals surface area contributed by atoms with Crippen molar-refractivity contribution in [3.8, 4) is 0 Å². The molecule has 3 nitrogen and oxygen atoms in total. The molecule has 0 bridgehead atoms. The van der Waals surface area contributed by atoms with Crippen molar-refractivity contribution in [2.45, 2.75) is 5.25 Å². The van der Waals surface area contributed by atoms with Gasteiger partial charge in [0.15, 0.2) is 0 Å². The lowest BCUT2D eigenvalue weighted by molar-refractivity contribution is 0.596. The van der Waals surface area contributed by atoms with Crippen LogP contribution in [0.2, 0.25) is 0 Å². The lowest BCUT2D eigenvalue weighted by atomic mass is 10.2. The average Bonchev–Trinajstić information content (AvgIpc) is 2.28. The van der Waals surface area contributed by atoms with E-state index in [-0.39, 0.29) is 11.0 Å². The highest BCUT2D eigenvalue weighted by Gasteiger charge is 2.28. The van der Waals surface area contributed by atoms with Crippen LogP contribution in [0.3, 0.4) is 0 Å². The molecule has 86 valence electrons. The summed E-state index contributed by atoms with van der Waals surface area (Å²) >= 11 is 2.90. The predicted octanol–water partition coefficient (Wildman–Crippen LogP) is 2.52. The molecule has 2 rings (SSSR count). The van der Waals surface area contributed by atoms with E-state index in [2.05, 4.69) is 4.40 Å². The van der Waals surface area contributed by atoms with Crippen LogP contribution in [0.25, 0.3) is 0 Å². The molecule has 1 aromatic rings. The fourth-order valence-electron chi connectivity index (χ4n) is 1.44. The van der Waals surface area contributed by atoms with Crippen LogP contribution in [0, 0.1) is 0 Å². The number of rotatable bonds is 1. The molecule has 0 saturated carbocycles. The van der Waals surface area contributed by atoms with Crippen LogP contribution in [0.1, 0.15) is 10.8 Å². The van der Waals surface area contributed by atoms with Gasteiger partial charge in [-0.05, 0) is 11.8 Å². The first kappa shape index (κ1) is 12.0. The highest BCUT2D eigenvalue weighted by atomic mass is 32.2. The Labute approximate surface area is 104 Å². The van der Waals surface area contributed by atoms with Crippen molar-refractivity contribution in [3.63, 3.8) is 0 Å². The maximum Gasteiger partial charge on any atom is 0.256 e. The topological polar surface area (TPSA) is 46.5 Å². The summed E-state index contributed by atoms with van der Waals surface area (Å²) in [5.74, 6) is 0.0890. The third-order valence-corrected chi connectivity index (χ3v) is 6.07. The van der Waals surface area contributed by atoms with E-state index < -0.39 is 10.0 Å². The summed E-state index contributed by atoms with van der Waals surface area (Å²) in [5, 5.41) is -0.0360. The summed E-state index contributed by atoms with van der Waals surface area (Å²) in [4.78, 5) is 0. The number of thioether (sulfide) groups is 2. The number of hydrogen-bond donors (Lipinski definition) is 0. The van der Waals surface area contributed by atoms with Crippen molar-refractivity contribution >= 4 is 37.9 Å². The number of sulfonamides is 1. The van der Waals surface area contributed by atoms with Crippen LogP contribution >= 0.6 is 23.5 Å². The van der Waals surface area contributed by atoms with Gasteiger partial charge in [-0.2, -0.15) is 0 Å². The van der Waals surface area contributed by atoms with Crippen molar-refractivity contribution in [1.29, 1.82) is 0 Å². The Kier molecular flexibility index (Phi) is 3.61. The molecule has 1 heterocycles. The summed E-state index contributed by atoms with van der Waals surface area (Å²) in [5.41, 5.74) is 1.04. The van der Waals surface area contributed by atoms with E-state index in [1.807, 2.05) is 36.6 Å². The lowest BCUT2D eigenvalue weighted by Gasteiger charge is -2.20. The first-order valence-electron chi connectivity index (χ1n) is 4.69. The fourth-order valence-corrected chi connectivity index (χ4v) is 5.52. The van der Waals surface area contributed by atoms with Gasteiger partial charge in [0.05, 0.1) is 11.0 Å². The lowest BCUT2D eigenvalue weighted by Crippen LogP contribution is -2.17. The Balaban J connectivity index is 2.31. The minimum absolute atomic E-state index is 0.0360. The average molecular weight is 273 g/mol. The molecule has 0 N–H and O–H groups in total. The van der Waals surface area contributed by atoms with Crippen molar-refractivity contribution < 1.29 is 8.42 Å². The molecule has 0 saturated heterocycles. The second kappa shape index (κ2) is 4.81. The highest BCUT2D eigenvalue weighted by Crippen LogP contribution is 2.38. The number of hydrogen-bond acceptors (Lipinski definition) is 4. The van der Waals surface area contributed by atoms with Gasteiger partial charge in [-0.3, -0.25) is 0 Å². The van der Waals surface area contributed by atoms with Crippen LogP contribution < -0.4 is 0 Å². The maximum absolute atomic E-state index is 11.6. The fraction of sp³-hybridized carbons (Fsp3) is 0.300. The molecule has 6 heteroatoms. The molecule has 16 heavy (non-hydrogen) atoms. The van der Waals surface area contributed by atoms with Crippen LogP contribution in [-0.4, -0.2) is 24.8 Å². The Bertz CT molecular complexity index is 496. The standard InChI is InChI=1S/C10H11NO2S3/c1-14-10-11-16(12,13)7-9(15-10)8-5-3-2-4-6-8/h2-6,9H,7H2,1H3. The zero-order chi connectivity index (χ0) is 11.6. The van der Waals surface area contributed by atoms with Crippen molar-refractivity contribution in [3.05, 3.63) is 35.9 Å². The molecule has 0 amide bonds. The summed E-state index contributed by atoms with van der Waals surface area (Å²) in [6.07, 6.45) is 1.84. The molecule has 1 aliphatic heterocycles. The molecule has 1 atom stereocenters. The van der Waals surface area contributed by atoms with E-state index in [0.717, 1.165) is 5.56 Å². The van der Waals surface area contributed by atoms with Crippen LogP contribution in [0.15, 0.2) is 34.7 Å². The second-order valence-electron chi connectivity index (χ2n) is 3.33. The number of benzene rings is 1. The normalized spacial score (nSPS) is 23.8.